The molecular formula is C15H21ClN2O. The van der Waals surface area contributed by atoms with Gasteiger partial charge in [-0.2, -0.15) is 0 Å². The molecule has 0 aliphatic heterocycles. The van der Waals surface area contributed by atoms with Gasteiger partial charge in [0, 0.05) is 22.7 Å². The summed E-state index contributed by atoms with van der Waals surface area (Å²) in [6.45, 7) is 1.91. The van der Waals surface area contributed by atoms with Crippen LogP contribution in [0.25, 0.3) is 0 Å². The van der Waals surface area contributed by atoms with E-state index < -0.39 is 0 Å². The molecule has 0 atom stereocenters. The predicted molar refractivity (Wildman–Crippen MR) is 78.8 cm³/mol. The Balaban J connectivity index is 1.92. The molecule has 1 aliphatic rings. The van der Waals surface area contributed by atoms with Crippen LogP contribution >= 0.6 is 11.6 Å². The zero-order valence-electron chi connectivity index (χ0n) is 11.5. The summed E-state index contributed by atoms with van der Waals surface area (Å²) in [6, 6.07) is 6.31. The van der Waals surface area contributed by atoms with E-state index in [1.54, 1.807) is 12.1 Å². The molecule has 1 aromatic rings. The number of amides is 1. The van der Waals surface area contributed by atoms with Crippen LogP contribution in [0.3, 0.4) is 0 Å². The number of carbonyl (C=O) groups excluding carboxylic acids is 1. The van der Waals surface area contributed by atoms with Crippen molar-refractivity contribution in [3.8, 4) is 0 Å². The van der Waals surface area contributed by atoms with Crippen molar-refractivity contribution in [3.05, 3.63) is 34.3 Å². The third kappa shape index (κ3) is 3.71. The average Bonchev–Trinajstić information content (AvgIpc) is 2.42. The molecule has 1 amide bonds. The van der Waals surface area contributed by atoms with Gasteiger partial charge in [-0.15, -0.1) is 0 Å². The van der Waals surface area contributed by atoms with Gasteiger partial charge in [-0.1, -0.05) is 11.6 Å². The summed E-state index contributed by atoms with van der Waals surface area (Å²) >= 11 is 5.97. The SMILES string of the molecule is CNC1CCC(NC(=O)c2ccc(Cl)c(C)c2)CC1. The van der Waals surface area contributed by atoms with E-state index in [1.165, 1.54) is 0 Å². The van der Waals surface area contributed by atoms with Gasteiger partial charge in [-0.3, -0.25) is 4.79 Å². The van der Waals surface area contributed by atoms with E-state index in [4.69, 9.17) is 11.6 Å². The molecule has 0 spiro atoms. The van der Waals surface area contributed by atoms with Gasteiger partial charge >= 0.3 is 0 Å². The first-order chi connectivity index (χ1) is 9.10. The highest BCUT2D eigenvalue weighted by atomic mass is 35.5. The summed E-state index contributed by atoms with van der Waals surface area (Å²) in [5, 5.41) is 7.11. The number of hydrogen-bond donors (Lipinski definition) is 2. The maximum absolute atomic E-state index is 12.2. The summed E-state index contributed by atoms with van der Waals surface area (Å²) in [4.78, 5) is 12.2. The minimum absolute atomic E-state index is 0.00711. The molecule has 19 heavy (non-hydrogen) atoms. The van der Waals surface area contributed by atoms with Crippen molar-refractivity contribution < 1.29 is 4.79 Å². The number of rotatable bonds is 3. The van der Waals surface area contributed by atoms with Crippen molar-refractivity contribution in [1.82, 2.24) is 10.6 Å². The smallest absolute Gasteiger partial charge is 0.251 e. The molecule has 104 valence electrons. The van der Waals surface area contributed by atoms with Gasteiger partial charge in [0.05, 0.1) is 0 Å². The first kappa shape index (κ1) is 14.4. The second-order valence-electron chi connectivity index (χ2n) is 5.27. The number of carbonyl (C=O) groups is 1. The fraction of sp³-hybridized carbons (Fsp3) is 0.533. The van der Waals surface area contributed by atoms with Crippen molar-refractivity contribution in [2.24, 2.45) is 0 Å². The van der Waals surface area contributed by atoms with Crippen LogP contribution < -0.4 is 10.6 Å². The van der Waals surface area contributed by atoms with E-state index >= 15 is 0 Å². The molecule has 1 saturated carbocycles. The van der Waals surface area contributed by atoms with Crippen LogP contribution in [0.15, 0.2) is 18.2 Å². The highest BCUT2D eigenvalue weighted by Gasteiger charge is 2.21. The van der Waals surface area contributed by atoms with Crippen molar-refractivity contribution in [1.29, 1.82) is 0 Å². The van der Waals surface area contributed by atoms with Gasteiger partial charge in [0.25, 0.3) is 5.91 Å². The van der Waals surface area contributed by atoms with Crippen LogP contribution in [-0.2, 0) is 0 Å². The molecule has 1 fully saturated rings. The number of hydrogen-bond acceptors (Lipinski definition) is 2. The van der Waals surface area contributed by atoms with E-state index in [0.717, 1.165) is 31.2 Å². The van der Waals surface area contributed by atoms with Crippen molar-refractivity contribution in [2.45, 2.75) is 44.7 Å². The third-order valence-corrected chi connectivity index (χ3v) is 4.31. The monoisotopic (exact) mass is 280 g/mol. The van der Waals surface area contributed by atoms with E-state index in [1.807, 2.05) is 20.0 Å². The summed E-state index contributed by atoms with van der Waals surface area (Å²) < 4.78 is 0. The molecular weight excluding hydrogens is 260 g/mol. The van der Waals surface area contributed by atoms with E-state index in [-0.39, 0.29) is 5.91 Å². The minimum Gasteiger partial charge on any atom is -0.349 e. The Morgan fingerprint density at radius 2 is 1.84 bits per heavy atom. The van der Waals surface area contributed by atoms with E-state index in [0.29, 0.717) is 22.7 Å². The van der Waals surface area contributed by atoms with Crippen LogP contribution in [0.5, 0.6) is 0 Å². The Morgan fingerprint density at radius 3 is 2.42 bits per heavy atom. The minimum atomic E-state index is 0.00711. The van der Waals surface area contributed by atoms with Gasteiger partial charge in [0.1, 0.15) is 0 Å². The van der Waals surface area contributed by atoms with Gasteiger partial charge in [-0.05, 0) is 63.4 Å². The van der Waals surface area contributed by atoms with E-state index in [2.05, 4.69) is 10.6 Å². The lowest BCUT2D eigenvalue weighted by Gasteiger charge is -2.28. The third-order valence-electron chi connectivity index (χ3n) is 3.89. The van der Waals surface area contributed by atoms with Crippen molar-refractivity contribution in [2.75, 3.05) is 7.05 Å². The molecule has 0 radical (unpaired) electrons. The normalized spacial score (nSPS) is 23.1. The molecule has 2 N–H and O–H groups in total. The first-order valence-electron chi connectivity index (χ1n) is 6.84. The molecule has 0 saturated heterocycles. The number of nitrogens with one attached hydrogen (secondary N) is 2. The Kier molecular flexibility index (Phi) is 4.83. The Bertz CT molecular complexity index is 453. The molecule has 1 aliphatic carbocycles. The lowest BCUT2D eigenvalue weighted by molar-refractivity contribution is 0.0924. The lowest BCUT2D eigenvalue weighted by atomic mass is 9.91. The highest BCUT2D eigenvalue weighted by molar-refractivity contribution is 6.31. The zero-order valence-corrected chi connectivity index (χ0v) is 12.3. The molecule has 0 heterocycles. The number of halogens is 1. The van der Waals surface area contributed by atoms with Crippen molar-refractivity contribution >= 4 is 17.5 Å². The highest BCUT2D eigenvalue weighted by Crippen LogP contribution is 2.20. The van der Waals surface area contributed by atoms with Gasteiger partial charge < -0.3 is 10.6 Å². The Labute approximate surface area is 119 Å². The maximum Gasteiger partial charge on any atom is 0.251 e. The van der Waals surface area contributed by atoms with Gasteiger partial charge in [-0.25, -0.2) is 0 Å². The standard InChI is InChI=1S/C15H21ClN2O/c1-10-9-11(3-8-14(10)16)15(19)18-13-6-4-12(17-2)5-7-13/h3,8-9,12-13,17H,4-7H2,1-2H3,(H,18,19). The fourth-order valence-corrected chi connectivity index (χ4v) is 2.70. The summed E-state index contributed by atoms with van der Waals surface area (Å²) in [5.74, 6) is 0.00711. The summed E-state index contributed by atoms with van der Waals surface area (Å²) in [5.41, 5.74) is 1.63. The average molecular weight is 281 g/mol. The van der Waals surface area contributed by atoms with Crippen LogP contribution in [0.4, 0.5) is 0 Å². The maximum atomic E-state index is 12.2. The molecule has 0 bridgehead atoms. The molecule has 4 heteroatoms. The van der Waals surface area contributed by atoms with E-state index in [9.17, 15) is 4.79 Å². The topological polar surface area (TPSA) is 41.1 Å². The van der Waals surface area contributed by atoms with Crippen LogP contribution in [0.1, 0.15) is 41.6 Å². The molecule has 0 unspecified atom stereocenters. The predicted octanol–water partition coefficient (Wildman–Crippen LogP) is 2.91. The molecule has 2 rings (SSSR count). The van der Waals surface area contributed by atoms with Crippen LogP contribution in [0, 0.1) is 6.92 Å². The fourth-order valence-electron chi connectivity index (χ4n) is 2.58. The second-order valence-corrected chi connectivity index (χ2v) is 5.68. The Hall–Kier alpha value is -1.06. The van der Waals surface area contributed by atoms with Gasteiger partial charge in [0.15, 0.2) is 0 Å². The number of aryl methyl sites for hydroxylation is 1. The second kappa shape index (κ2) is 6.40. The molecule has 1 aromatic carbocycles. The molecule has 0 aromatic heterocycles. The van der Waals surface area contributed by atoms with Crippen LogP contribution in [-0.4, -0.2) is 25.0 Å². The molecule has 3 nitrogen and oxygen atoms in total. The lowest BCUT2D eigenvalue weighted by Crippen LogP contribution is -2.41. The first-order valence-corrected chi connectivity index (χ1v) is 7.22. The largest absolute Gasteiger partial charge is 0.349 e. The Morgan fingerprint density at radius 1 is 1.21 bits per heavy atom. The zero-order chi connectivity index (χ0) is 13.8. The van der Waals surface area contributed by atoms with Crippen LogP contribution in [0.2, 0.25) is 5.02 Å². The number of benzene rings is 1. The summed E-state index contributed by atoms with van der Waals surface area (Å²) in [6.07, 6.45) is 4.34. The summed E-state index contributed by atoms with van der Waals surface area (Å²) in [7, 11) is 2.00. The van der Waals surface area contributed by atoms with Gasteiger partial charge in [0.2, 0.25) is 0 Å². The van der Waals surface area contributed by atoms with Crippen molar-refractivity contribution in [3.63, 3.8) is 0 Å². The quantitative estimate of drug-likeness (QED) is 0.894.